The van der Waals surface area contributed by atoms with Gasteiger partial charge in [-0.3, -0.25) is 0 Å². The molecule has 0 aliphatic rings. The van der Waals surface area contributed by atoms with Crippen LogP contribution in [-0.4, -0.2) is 6.21 Å². The summed E-state index contributed by atoms with van der Waals surface area (Å²) in [6.45, 7) is 4.42. The van der Waals surface area contributed by atoms with Crippen molar-refractivity contribution in [1.29, 1.82) is 0 Å². The first-order chi connectivity index (χ1) is 24.2. The topological polar surface area (TPSA) is 18.8 Å². The summed E-state index contributed by atoms with van der Waals surface area (Å²) in [5.41, 5.74) is 11.5. The summed E-state index contributed by atoms with van der Waals surface area (Å²) in [6.07, 6.45) is 7.23. The fourth-order valence-electron chi connectivity index (χ4n) is 6.28. The number of anilines is 5. The molecule has 0 fully saturated rings. The Hall–Kier alpha value is -6.19. The van der Waals surface area contributed by atoms with Gasteiger partial charge in [0.2, 0.25) is 0 Å². The second kappa shape index (κ2) is 14.7. The molecule has 7 aromatic rings. The largest absolute Gasteiger partial charge is 0.310 e. The lowest BCUT2D eigenvalue weighted by molar-refractivity contribution is 1.10. The molecule has 3 nitrogen and oxygen atoms in total. The zero-order chi connectivity index (χ0) is 33.4. The van der Waals surface area contributed by atoms with Gasteiger partial charge >= 0.3 is 0 Å². The molecule has 0 saturated heterocycles. The van der Waals surface area contributed by atoms with Crippen molar-refractivity contribution in [3.63, 3.8) is 0 Å². The number of rotatable bonds is 10. The molecule has 0 spiro atoms. The van der Waals surface area contributed by atoms with Crippen LogP contribution in [0.2, 0.25) is 0 Å². The number of benzene rings is 7. The third-order valence-corrected chi connectivity index (χ3v) is 8.81. The molecular formula is C46H39N3. The fourth-order valence-corrected chi connectivity index (χ4v) is 6.28. The highest BCUT2D eigenvalue weighted by atomic mass is 15.5. The smallest absolute Gasteiger partial charge is 0.0730 e. The second-order valence-electron chi connectivity index (χ2n) is 12.1. The van der Waals surface area contributed by atoms with Crippen LogP contribution in [0.4, 0.5) is 28.4 Å². The molecule has 49 heavy (non-hydrogen) atoms. The molecule has 0 radical (unpaired) electrons. The summed E-state index contributed by atoms with van der Waals surface area (Å²) in [4.78, 5) is 2.38. The van der Waals surface area contributed by atoms with Gasteiger partial charge in [-0.2, -0.15) is 5.10 Å². The molecule has 0 N–H and O–H groups in total. The van der Waals surface area contributed by atoms with Crippen LogP contribution in [0.5, 0.6) is 0 Å². The standard InChI is InChI=1S/C46H39N3/c1-3-39-16-12-14-35(2)46(39)48(41-18-6-4-7-19-41)42-32-30-37(31-33-42)25-24-36-26-28-38(29-27-36)34-47-49(43-20-8-5-9-21-43)45-23-13-17-40-15-10-11-22-44(40)45/h4-34H,3H2,1-2H3. The van der Waals surface area contributed by atoms with Gasteiger partial charge in [0.25, 0.3) is 0 Å². The zero-order valence-corrected chi connectivity index (χ0v) is 27.9. The lowest BCUT2D eigenvalue weighted by Crippen LogP contribution is -2.13. The van der Waals surface area contributed by atoms with Crippen molar-refractivity contribution in [2.45, 2.75) is 20.3 Å². The average Bonchev–Trinajstić information content (AvgIpc) is 3.16. The number of aryl methyl sites for hydroxylation is 2. The van der Waals surface area contributed by atoms with Gasteiger partial charge in [0.1, 0.15) is 0 Å². The predicted octanol–water partition coefficient (Wildman–Crippen LogP) is 12.5. The van der Waals surface area contributed by atoms with Crippen LogP contribution in [0.3, 0.4) is 0 Å². The van der Waals surface area contributed by atoms with Gasteiger partial charge in [0, 0.05) is 16.8 Å². The van der Waals surface area contributed by atoms with Gasteiger partial charge < -0.3 is 4.90 Å². The van der Waals surface area contributed by atoms with Crippen LogP contribution in [0.1, 0.15) is 34.7 Å². The molecule has 7 rings (SSSR count). The molecule has 3 heteroatoms. The fraction of sp³-hybridized carbons (Fsp3) is 0.0652. The average molecular weight is 634 g/mol. The second-order valence-corrected chi connectivity index (χ2v) is 12.1. The molecule has 238 valence electrons. The maximum absolute atomic E-state index is 4.98. The number of para-hydroxylation sites is 3. The van der Waals surface area contributed by atoms with E-state index < -0.39 is 0 Å². The minimum atomic E-state index is 0.974. The Balaban J connectivity index is 1.11. The minimum Gasteiger partial charge on any atom is -0.310 e. The number of fused-ring (bicyclic) bond motifs is 1. The molecule has 0 aliphatic heterocycles. The van der Waals surface area contributed by atoms with Crippen molar-refractivity contribution < 1.29 is 0 Å². The molecule has 0 atom stereocenters. The Bertz CT molecular complexity index is 2200. The number of hydrazone groups is 1. The van der Waals surface area contributed by atoms with E-state index in [-0.39, 0.29) is 0 Å². The van der Waals surface area contributed by atoms with Gasteiger partial charge in [-0.25, -0.2) is 5.01 Å². The van der Waals surface area contributed by atoms with Crippen LogP contribution < -0.4 is 9.91 Å². The summed E-state index contributed by atoms with van der Waals surface area (Å²) in [6, 6.07) is 59.6. The monoisotopic (exact) mass is 633 g/mol. The van der Waals surface area contributed by atoms with Crippen LogP contribution in [-0.2, 0) is 6.42 Å². The van der Waals surface area contributed by atoms with Crippen LogP contribution >= 0.6 is 0 Å². The number of hydrogen-bond acceptors (Lipinski definition) is 3. The van der Waals surface area contributed by atoms with E-state index in [2.05, 4.69) is 183 Å². The minimum absolute atomic E-state index is 0.974. The molecule has 0 aromatic heterocycles. The van der Waals surface area contributed by atoms with E-state index in [0.29, 0.717) is 0 Å². The van der Waals surface area contributed by atoms with Crippen molar-refractivity contribution in [2.24, 2.45) is 5.10 Å². The van der Waals surface area contributed by atoms with Crippen molar-refractivity contribution >= 4 is 57.6 Å². The van der Waals surface area contributed by atoms with Crippen molar-refractivity contribution in [1.82, 2.24) is 0 Å². The van der Waals surface area contributed by atoms with Gasteiger partial charge in [-0.1, -0.05) is 146 Å². The molecule has 0 saturated carbocycles. The van der Waals surface area contributed by atoms with Gasteiger partial charge in [-0.15, -0.1) is 0 Å². The van der Waals surface area contributed by atoms with E-state index in [1.165, 1.54) is 22.2 Å². The predicted molar refractivity (Wildman–Crippen MR) is 211 cm³/mol. The Labute approximate surface area is 289 Å². The molecule has 7 aromatic carbocycles. The molecule has 0 heterocycles. The Kier molecular flexibility index (Phi) is 9.43. The lowest BCUT2D eigenvalue weighted by atomic mass is 10.0. The summed E-state index contributed by atoms with van der Waals surface area (Å²) < 4.78 is 0. The van der Waals surface area contributed by atoms with Crippen molar-refractivity contribution in [2.75, 3.05) is 9.91 Å². The highest BCUT2D eigenvalue weighted by molar-refractivity contribution is 5.96. The maximum atomic E-state index is 4.98. The van der Waals surface area contributed by atoms with Crippen molar-refractivity contribution in [3.8, 4) is 0 Å². The first-order valence-electron chi connectivity index (χ1n) is 16.9. The van der Waals surface area contributed by atoms with E-state index in [1.54, 1.807) is 0 Å². The first-order valence-corrected chi connectivity index (χ1v) is 16.9. The first kappa shape index (κ1) is 31.4. The highest BCUT2D eigenvalue weighted by Crippen LogP contribution is 2.39. The zero-order valence-electron chi connectivity index (χ0n) is 27.9. The molecule has 0 amide bonds. The normalized spacial score (nSPS) is 11.4. The van der Waals surface area contributed by atoms with E-state index in [4.69, 9.17) is 5.10 Å². The lowest BCUT2D eigenvalue weighted by Gasteiger charge is -2.29. The SMILES string of the molecule is CCc1cccc(C)c1N(c1ccccc1)c1ccc(C=Cc2ccc(C=NN(c3ccccc3)c3cccc4ccccc34)cc2)cc1. The van der Waals surface area contributed by atoms with Crippen LogP contribution in [0.25, 0.3) is 22.9 Å². The Morgan fingerprint density at radius 2 is 1.06 bits per heavy atom. The molecular weight excluding hydrogens is 595 g/mol. The summed E-state index contributed by atoms with van der Waals surface area (Å²) in [7, 11) is 0. The van der Waals surface area contributed by atoms with E-state index in [9.17, 15) is 0 Å². The molecule has 0 unspecified atom stereocenters. The Morgan fingerprint density at radius 1 is 0.510 bits per heavy atom. The van der Waals surface area contributed by atoms with Crippen molar-refractivity contribution in [3.05, 3.63) is 198 Å². The number of hydrogen-bond donors (Lipinski definition) is 0. The number of nitrogens with zero attached hydrogens (tertiary/aromatic N) is 3. The maximum Gasteiger partial charge on any atom is 0.0730 e. The van der Waals surface area contributed by atoms with E-state index >= 15 is 0 Å². The molecule has 0 aliphatic carbocycles. The van der Waals surface area contributed by atoms with Gasteiger partial charge in [0.15, 0.2) is 0 Å². The highest BCUT2D eigenvalue weighted by Gasteiger charge is 2.17. The van der Waals surface area contributed by atoms with Crippen LogP contribution in [0, 0.1) is 6.92 Å². The van der Waals surface area contributed by atoms with Gasteiger partial charge in [-0.05, 0) is 89.0 Å². The van der Waals surface area contributed by atoms with E-state index in [1.807, 2.05) is 29.4 Å². The van der Waals surface area contributed by atoms with Crippen LogP contribution in [0.15, 0.2) is 175 Å². The third kappa shape index (κ3) is 7.07. The summed E-state index contributed by atoms with van der Waals surface area (Å²) in [5, 5.41) is 9.34. The third-order valence-electron chi connectivity index (χ3n) is 8.81. The Morgan fingerprint density at radius 3 is 1.76 bits per heavy atom. The quantitative estimate of drug-likeness (QED) is 0.0848. The molecule has 0 bridgehead atoms. The summed E-state index contributed by atoms with van der Waals surface area (Å²) >= 11 is 0. The van der Waals surface area contributed by atoms with E-state index in [0.717, 1.165) is 51.2 Å². The summed E-state index contributed by atoms with van der Waals surface area (Å²) in [5.74, 6) is 0. The van der Waals surface area contributed by atoms with Gasteiger partial charge in [0.05, 0.1) is 23.3 Å².